The molecule has 9 nitrogen and oxygen atoms in total. The van der Waals surface area contributed by atoms with E-state index >= 15 is 0 Å². The van der Waals surface area contributed by atoms with Crippen LogP contribution in [-0.4, -0.2) is 85.3 Å². The van der Waals surface area contributed by atoms with E-state index in [9.17, 15) is 13.6 Å². The number of carbonyl (C=O) groups is 1. The van der Waals surface area contributed by atoms with Gasteiger partial charge in [0.05, 0.1) is 18.7 Å². The van der Waals surface area contributed by atoms with Gasteiger partial charge in [-0.25, -0.2) is 13.6 Å². The van der Waals surface area contributed by atoms with Crippen molar-refractivity contribution in [3.05, 3.63) is 34.2 Å². The van der Waals surface area contributed by atoms with Gasteiger partial charge in [0.2, 0.25) is 0 Å². The number of carbonyl (C=O) groups excluding carboxylic acids is 1. The predicted octanol–water partition coefficient (Wildman–Crippen LogP) is 4.32. The molecule has 2 amide bonds. The summed E-state index contributed by atoms with van der Waals surface area (Å²) in [6, 6.07) is 0.173. The van der Waals surface area contributed by atoms with E-state index in [2.05, 4.69) is 20.0 Å². The normalized spacial score (nSPS) is 28.6. The third-order valence-corrected chi connectivity index (χ3v) is 9.55. The molecule has 1 N–H and O–H groups in total. The number of fused-ring (bicyclic) bond motifs is 1. The van der Waals surface area contributed by atoms with E-state index in [-0.39, 0.29) is 29.5 Å². The summed E-state index contributed by atoms with van der Waals surface area (Å²) in [6.07, 6.45) is 8.56. The zero-order chi connectivity index (χ0) is 28.0. The number of halogens is 2. The maximum Gasteiger partial charge on any atom is 0.317 e. The molecule has 1 saturated carbocycles. The zero-order valence-electron chi connectivity index (χ0n) is 23.8. The number of hydrazone groups is 1. The number of hydrogen-bond donors (Lipinski definition) is 1. The van der Waals surface area contributed by atoms with Gasteiger partial charge in [-0.2, -0.15) is 10.2 Å². The Hall–Kier alpha value is -2.95. The molecule has 2 unspecified atom stereocenters. The first-order valence-electron chi connectivity index (χ1n) is 14.7. The number of methoxy groups -OCH3 is 1. The maximum atomic E-state index is 14.5. The topological polar surface area (TPSA) is 78.2 Å². The highest BCUT2D eigenvalue weighted by molar-refractivity contribution is 5.75. The second-order valence-corrected chi connectivity index (χ2v) is 11.9. The van der Waals surface area contributed by atoms with Gasteiger partial charge in [0.15, 0.2) is 5.82 Å². The summed E-state index contributed by atoms with van der Waals surface area (Å²) in [5.74, 6) is 0.582. The fourth-order valence-corrected chi connectivity index (χ4v) is 7.40. The number of nitrogens with one attached hydrogen (secondary N) is 1. The lowest BCUT2D eigenvalue weighted by atomic mass is 9.76. The summed E-state index contributed by atoms with van der Waals surface area (Å²) in [5, 5.41) is 14.2. The van der Waals surface area contributed by atoms with Crippen LogP contribution in [0.25, 0.3) is 0 Å². The molecule has 5 aliphatic rings. The minimum atomic E-state index is -2.52. The zero-order valence-corrected chi connectivity index (χ0v) is 23.8. The van der Waals surface area contributed by atoms with Crippen molar-refractivity contribution in [3.63, 3.8) is 0 Å². The molecule has 0 radical (unpaired) electrons. The Bertz CT molecular complexity index is 1220. The fourth-order valence-electron chi connectivity index (χ4n) is 7.40. The van der Waals surface area contributed by atoms with E-state index in [1.165, 1.54) is 11.3 Å². The van der Waals surface area contributed by atoms with Crippen molar-refractivity contribution in [2.45, 2.75) is 76.5 Å². The minimum absolute atomic E-state index is 0.00927. The molecule has 40 heavy (non-hydrogen) atoms. The van der Waals surface area contributed by atoms with Gasteiger partial charge >= 0.3 is 6.03 Å². The van der Waals surface area contributed by atoms with Gasteiger partial charge in [0.1, 0.15) is 0 Å². The van der Waals surface area contributed by atoms with Crippen LogP contribution in [0.15, 0.2) is 28.0 Å². The van der Waals surface area contributed by atoms with Crippen molar-refractivity contribution in [1.29, 1.82) is 0 Å². The first-order valence-corrected chi connectivity index (χ1v) is 14.7. The Morgan fingerprint density at radius 3 is 2.65 bits per heavy atom. The lowest BCUT2D eigenvalue weighted by Gasteiger charge is -2.38. The number of aromatic nitrogens is 2. The molecular weight excluding hydrogens is 516 g/mol. The molecule has 0 aromatic carbocycles. The van der Waals surface area contributed by atoms with Gasteiger partial charge in [0, 0.05) is 81.9 Å². The molecule has 1 aromatic heterocycles. The highest BCUT2D eigenvalue weighted by atomic mass is 19.3. The summed E-state index contributed by atoms with van der Waals surface area (Å²) < 4.78 is 36.9. The third-order valence-electron chi connectivity index (χ3n) is 9.55. The third kappa shape index (κ3) is 4.90. The van der Waals surface area contributed by atoms with Crippen LogP contribution in [-0.2, 0) is 17.7 Å². The van der Waals surface area contributed by atoms with Crippen molar-refractivity contribution in [3.8, 4) is 0 Å². The van der Waals surface area contributed by atoms with E-state index in [0.29, 0.717) is 32.2 Å². The van der Waals surface area contributed by atoms with E-state index in [4.69, 9.17) is 9.84 Å². The maximum absolute atomic E-state index is 14.5. The van der Waals surface area contributed by atoms with Crippen LogP contribution in [0.2, 0.25) is 0 Å². The van der Waals surface area contributed by atoms with Crippen LogP contribution < -0.4 is 10.2 Å². The lowest BCUT2D eigenvalue weighted by Crippen LogP contribution is -2.42. The second-order valence-electron chi connectivity index (χ2n) is 11.9. The Labute approximate surface area is 234 Å². The van der Waals surface area contributed by atoms with Crippen LogP contribution in [0, 0.1) is 11.8 Å². The lowest BCUT2D eigenvalue weighted by molar-refractivity contribution is 0.0563. The largest absolute Gasteiger partial charge is 0.381 e. The molecule has 3 aliphatic heterocycles. The molecule has 1 fully saturated rings. The average molecular weight is 558 g/mol. The molecular formula is C29H41F2N7O2. The van der Waals surface area contributed by atoms with Crippen LogP contribution >= 0.6 is 0 Å². The highest BCUT2D eigenvalue weighted by Crippen LogP contribution is 2.45. The molecule has 2 atom stereocenters. The summed E-state index contributed by atoms with van der Waals surface area (Å²) in [6.45, 7) is 2.49. The fraction of sp³-hybridized carbons (Fsp3) is 0.690. The first kappa shape index (κ1) is 27.2. The van der Waals surface area contributed by atoms with E-state index in [1.807, 2.05) is 23.2 Å². The van der Waals surface area contributed by atoms with Gasteiger partial charge in [0.25, 0.3) is 6.43 Å². The Morgan fingerprint density at radius 2 is 1.98 bits per heavy atom. The molecule has 6 rings (SSSR count). The number of ether oxygens (including phenoxy) is 1. The Kier molecular flexibility index (Phi) is 7.58. The molecule has 11 heteroatoms. The molecule has 1 aromatic rings. The molecule has 4 heterocycles. The summed E-state index contributed by atoms with van der Waals surface area (Å²) in [5.41, 5.74) is 4.55. The Balaban J connectivity index is 1.37. The average Bonchev–Trinajstić information content (AvgIpc) is 3.59. The number of allylic oxidation sites excluding steroid dienone is 3. The molecule has 0 bridgehead atoms. The van der Waals surface area contributed by atoms with E-state index in [1.54, 1.807) is 20.2 Å². The number of amides is 2. The highest BCUT2D eigenvalue weighted by Gasteiger charge is 2.40. The number of anilines is 1. The smallest absolute Gasteiger partial charge is 0.317 e. The van der Waals surface area contributed by atoms with Gasteiger partial charge in [-0.1, -0.05) is 0 Å². The van der Waals surface area contributed by atoms with Gasteiger partial charge in [-0.15, -0.1) is 0 Å². The summed E-state index contributed by atoms with van der Waals surface area (Å²) in [7, 11) is 5.32. The van der Waals surface area contributed by atoms with Crippen LogP contribution in [0.5, 0.6) is 0 Å². The molecule has 2 aliphatic carbocycles. The number of rotatable bonds is 5. The second kappa shape index (κ2) is 11.1. The van der Waals surface area contributed by atoms with Gasteiger partial charge in [-0.3, -0.25) is 9.69 Å². The van der Waals surface area contributed by atoms with Crippen molar-refractivity contribution < 1.29 is 18.3 Å². The van der Waals surface area contributed by atoms with E-state index < -0.39 is 6.43 Å². The van der Waals surface area contributed by atoms with E-state index in [0.717, 1.165) is 68.6 Å². The SMILES string of the molecule is CNC(=O)N1CCc2c(c(N3CCCC4=C3C=C(C(F)F)C(C3C=NN(C)C3)C4)nn2[C@H]2CC[C@@H](OC)CC2)C1. The molecule has 0 saturated heterocycles. The Morgan fingerprint density at radius 1 is 1.18 bits per heavy atom. The predicted molar refractivity (Wildman–Crippen MR) is 150 cm³/mol. The minimum Gasteiger partial charge on any atom is -0.381 e. The van der Waals surface area contributed by atoms with Gasteiger partial charge in [-0.05, 0) is 62.5 Å². The van der Waals surface area contributed by atoms with Gasteiger partial charge < -0.3 is 19.9 Å². The molecule has 218 valence electrons. The summed E-state index contributed by atoms with van der Waals surface area (Å²) in [4.78, 5) is 16.6. The number of alkyl halides is 2. The summed E-state index contributed by atoms with van der Waals surface area (Å²) >= 11 is 0. The van der Waals surface area contributed by atoms with Crippen molar-refractivity contribution in [2.75, 3.05) is 45.7 Å². The van der Waals surface area contributed by atoms with Crippen LogP contribution in [0.3, 0.4) is 0 Å². The number of nitrogens with zero attached hydrogens (tertiary/aromatic N) is 6. The van der Waals surface area contributed by atoms with Crippen molar-refractivity contribution in [1.82, 2.24) is 25.0 Å². The van der Waals surface area contributed by atoms with Crippen molar-refractivity contribution in [2.24, 2.45) is 16.9 Å². The quantitative estimate of drug-likeness (QED) is 0.584. The standard InChI is InChI=1S/C29H41F2N7O2/c1-32-29(39)36-12-10-25-24(17-36)28(34-38(25)20-6-8-21(40-3)9-7-20)37-11-4-5-18-13-22(19-15-33-35(2)16-19)23(27(30)31)14-26(18)37/h14-15,19-22,27H,4-13,16-17H2,1-3H3,(H,32,39)/t19?,20-,21+,22?. The van der Waals surface area contributed by atoms with Crippen molar-refractivity contribution >= 4 is 18.1 Å². The monoisotopic (exact) mass is 557 g/mol. The first-order chi connectivity index (χ1) is 19.4. The number of hydrogen-bond acceptors (Lipinski definition) is 6. The number of urea groups is 1. The van der Waals surface area contributed by atoms with Crippen LogP contribution in [0.1, 0.15) is 62.2 Å². The molecule has 0 spiro atoms. The van der Waals surface area contributed by atoms with Crippen LogP contribution in [0.4, 0.5) is 19.4 Å².